The number of carbonyl (C=O) groups is 1. The standard InChI is InChI=1S/C16H19N3O3/c1-4-22-13-7-5-6-12(9-13)17-16(21)18-14-10-19(3)15(20)8-11(14)2/h5-10H,4H2,1-3H3,(H2,17,18,21). The van der Waals surface area contributed by atoms with Crippen molar-refractivity contribution in [2.45, 2.75) is 13.8 Å². The molecule has 0 saturated heterocycles. The number of aryl methyl sites for hydroxylation is 2. The maximum Gasteiger partial charge on any atom is 0.323 e. The third kappa shape index (κ3) is 3.88. The minimum absolute atomic E-state index is 0.118. The molecule has 116 valence electrons. The molecule has 1 aromatic heterocycles. The third-order valence-electron chi connectivity index (χ3n) is 3.09. The molecule has 2 amide bonds. The Morgan fingerprint density at radius 1 is 1.27 bits per heavy atom. The molecule has 0 aliphatic rings. The van der Waals surface area contributed by atoms with E-state index in [-0.39, 0.29) is 11.6 Å². The van der Waals surface area contributed by atoms with Crippen LogP contribution in [0.5, 0.6) is 5.75 Å². The Kier molecular flexibility index (Phi) is 4.83. The van der Waals surface area contributed by atoms with Crippen molar-refractivity contribution >= 4 is 17.4 Å². The summed E-state index contributed by atoms with van der Waals surface area (Å²) in [6.45, 7) is 4.23. The first-order valence-electron chi connectivity index (χ1n) is 6.97. The molecule has 0 aliphatic carbocycles. The summed E-state index contributed by atoms with van der Waals surface area (Å²) in [5.41, 5.74) is 1.81. The maximum atomic E-state index is 12.0. The van der Waals surface area contributed by atoms with E-state index in [0.29, 0.717) is 29.3 Å². The Bertz CT molecular complexity index is 738. The highest BCUT2D eigenvalue weighted by Gasteiger charge is 2.07. The predicted molar refractivity (Wildman–Crippen MR) is 86.7 cm³/mol. The van der Waals surface area contributed by atoms with Crippen LogP contribution in [0.3, 0.4) is 0 Å². The number of benzene rings is 1. The van der Waals surface area contributed by atoms with Crippen LogP contribution in [0.2, 0.25) is 0 Å². The lowest BCUT2D eigenvalue weighted by Gasteiger charge is -2.11. The number of hydrogen-bond donors (Lipinski definition) is 2. The van der Waals surface area contributed by atoms with E-state index in [9.17, 15) is 9.59 Å². The number of rotatable bonds is 4. The van der Waals surface area contributed by atoms with Crippen molar-refractivity contribution in [3.8, 4) is 5.75 Å². The molecular weight excluding hydrogens is 282 g/mol. The van der Waals surface area contributed by atoms with Crippen LogP contribution in [0, 0.1) is 6.92 Å². The second kappa shape index (κ2) is 6.80. The summed E-state index contributed by atoms with van der Waals surface area (Å²) in [7, 11) is 1.64. The number of urea groups is 1. The fourth-order valence-corrected chi connectivity index (χ4v) is 1.97. The lowest BCUT2D eigenvalue weighted by atomic mass is 10.2. The Hall–Kier alpha value is -2.76. The van der Waals surface area contributed by atoms with Crippen LogP contribution in [0.15, 0.2) is 41.3 Å². The van der Waals surface area contributed by atoms with Crippen molar-refractivity contribution in [1.82, 2.24) is 4.57 Å². The van der Waals surface area contributed by atoms with Crippen molar-refractivity contribution in [3.05, 3.63) is 52.4 Å². The highest BCUT2D eigenvalue weighted by molar-refractivity contribution is 6.00. The highest BCUT2D eigenvalue weighted by Crippen LogP contribution is 2.18. The van der Waals surface area contributed by atoms with Gasteiger partial charge in [-0.25, -0.2) is 4.79 Å². The molecule has 1 heterocycles. The zero-order chi connectivity index (χ0) is 16.1. The molecule has 2 rings (SSSR count). The van der Waals surface area contributed by atoms with Gasteiger partial charge >= 0.3 is 6.03 Å². The average molecular weight is 301 g/mol. The van der Waals surface area contributed by atoms with Crippen LogP contribution < -0.4 is 20.9 Å². The van der Waals surface area contributed by atoms with Crippen molar-refractivity contribution in [2.75, 3.05) is 17.2 Å². The molecule has 0 spiro atoms. The van der Waals surface area contributed by atoms with Gasteiger partial charge in [-0.15, -0.1) is 0 Å². The maximum absolute atomic E-state index is 12.0. The van der Waals surface area contributed by atoms with Crippen molar-refractivity contribution in [1.29, 1.82) is 0 Å². The second-order valence-electron chi connectivity index (χ2n) is 4.86. The first-order chi connectivity index (χ1) is 10.5. The van der Waals surface area contributed by atoms with Gasteiger partial charge in [0.15, 0.2) is 0 Å². The smallest absolute Gasteiger partial charge is 0.323 e. The van der Waals surface area contributed by atoms with E-state index in [4.69, 9.17) is 4.74 Å². The number of hydrogen-bond acceptors (Lipinski definition) is 3. The van der Waals surface area contributed by atoms with E-state index in [1.807, 2.05) is 13.0 Å². The van der Waals surface area contributed by atoms with Gasteiger partial charge in [0.1, 0.15) is 5.75 Å². The van der Waals surface area contributed by atoms with Gasteiger partial charge in [-0.1, -0.05) is 6.07 Å². The second-order valence-corrected chi connectivity index (χ2v) is 4.86. The van der Waals surface area contributed by atoms with E-state index < -0.39 is 0 Å². The molecule has 0 atom stereocenters. The van der Waals surface area contributed by atoms with Crippen molar-refractivity contribution < 1.29 is 9.53 Å². The molecule has 6 nitrogen and oxygen atoms in total. The van der Waals surface area contributed by atoms with Crippen LogP contribution >= 0.6 is 0 Å². The van der Waals surface area contributed by atoms with Crippen molar-refractivity contribution in [3.63, 3.8) is 0 Å². The molecule has 0 aliphatic heterocycles. The summed E-state index contributed by atoms with van der Waals surface area (Å²) in [4.78, 5) is 23.5. The minimum Gasteiger partial charge on any atom is -0.494 e. The molecule has 22 heavy (non-hydrogen) atoms. The lowest BCUT2D eigenvalue weighted by molar-refractivity contribution is 0.262. The van der Waals surface area contributed by atoms with E-state index in [1.54, 1.807) is 38.4 Å². The molecular formula is C16H19N3O3. The number of anilines is 2. The van der Waals surface area contributed by atoms with Crippen LogP contribution in [0.4, 0.5) is 16.2 Å². The molecule has 0 fully saturated rings. The van der Waals surface area contributed by atoms with Gasteiger partial charge in [-0.3, -0.25) is 4.79 Å². The summed E-state index contributed by atoms with van der Waals surface area (Å²) in [5, 5.41) is 5.46. The number of nitrogens with one attached hydrogen (secondary N) is 2. The Balaban J connectivity index is 2.09. The summed E-state index contributed by atoms with van der Waals surface area (Å²) in [6.07, 6.45) is 1.59. The average Bonchev–Trinajstić information content (AvgIpc) is 2.45. The van der Waals surface area contributed by atoms with Crippen LogP contribution in [-0.2, 0) is 7.05 Å². The van der Waals surface area contributed by atoms with Gasteiger partial charge in [0.2, 0.25) is 0 Å². The van der Waals surface area contributed by atoms with Gasteiger partial charge in [0, 0.05) is 31.1 Å². The number of carbonyl (C=O) groups excluding carboxylic acids is 1. The summed E-state index contributed by atoms with van der Waals surface area (Å²) >= 11 is 0. The summed E-state index contributed by atoms with van der Waals surface area (Å²) < 4.78 is 6.80. The minimum atomic E-state index is -0.379. The lowest BCUT2D eigenvalue weighted by Crippen LogP contribution is -2.23. The topological polar surface area (TPSA) is 72.4 Å². The quantitative estimate of drug-likeness (QED) is 0.912. The molecule has 2 aromatic rings. The fraction of sp³-hybridized carbons (Fsp3) is 0.250. The largest absolute Gasteiger partial charge is 0.494 e. The van der Waals surface area contributed by atoms with Gasteiger partial charge in [-0.2, -0.15) is 0 Å². The Morgan fingerprint density at radius 2 is 2.05 bits per heavy atom. The molecule has 0 radical (unpaired) electrons. The van der Waals surface area contributed by atoms with Crippen LogP contribution in [-0.4, -0.2) is 17.2 Å². The molecule has 0 saturated carbocycles. The zero-order valence-electron chi connectivity index (χ0n) is 12.8. The van der Waals surface area contributed by atoms with Crippen molar-refractivity contribution in [2.24, 2.45) is 7.05 Å². The first-order valence-corrected chi connectivity index (χ1v) is 6.97. The molecule has 1 aromatic carbocycles. The molecule has 0 bridgehead atoms. The molecule has 2 N–H and O–H groups in total. The van der Waals surface area contributed by atoms with E-state index in [1.165, 1.54) is 10.6 Å². The number of ether oxygens (including phenoxy) is 1. The van der Waals surface area contributed by atoms with Crippen LogP contribution in [0.25, 0.3) is 0 Å². The number of aromatic nitrogens is 1. The SMILES string of the molecule is CCOc1cccc(NC(=O)Nc2cn(C)c(=O)cc2C)c1. The van der Waals surface area contributed by atoms with Crippen LogP contribution in [0.1, 0.15) is 12.5 Å². The van der Waals surface area contributed by atoms with E-state index >= 15 is 0 Å². The Labute approximate surface area is 128 Å². The zero-order valence-corrected chi connectivity index (χ0v) is 12.8. The third-order valence-corrected chi connectivity index (χ3v) is 3.09. The predicted octanol–water partition coefficient (Wildman–Crippen LogP) is 2.74. The van der Waals surface area contributed by atoms with Gasteiger partial charge in [0.25, 0.3) is 5.56 Å². The van der Waals surface area contributed by atoms with Gasteiger partial charge in [-0.05, 0) is 31.5 Å². The monoisotopic (exact) mass is 301 g/mol. The number of pyridine rings is 1. The fourth-order valence-electron chi connectivity index (χ4n) is 1.97. The number of nitrogens with zero attached hydrogens (tertiary/aromatic N) is 1. The summed E-state index contributed by atoms with van der Waals surface area (Å²) in [6, 6.07) is 8.25. The van der Waals surface area contributed by atoms with Gasteiger partial charge < -0.3 is 19.9 Å². The Morgan fingerprint density at radius 3 is 2.77 bits per heavy atom. The summed E-state index contributed by atoms with van der Waals surface area (Å²) in [5.74, 6) is 0.693. The van der Waals surface area contributed by atoms with Gasteiger partial charge in [0.05, 0.1) is 12.3 Å². The highest BCUT2D eigenvalue weighted by atomic mass is 16.5. The van der Waals surface area contributed by atoms with E-state index in [0.717, 1.165) is 0 Å². The number of amides is 2. The molecule has 6 heteroatoms. The first kappa shape index (κ1) is 15.6. The normalized spacial score (nSPS) is 10.1. The van der Waals surface area contributed by atoms with E-state index in [2.05, 4.69) is 10.6 Å². The molecule has 0 unspecified atom stereocenters.